The van der Waals surface area contributed by atoms with E-state index < -0.39 is 5.41 Å². The Morgan fingerprint density at radius 1 is 1.18 bits per heavy atom. The number of hydrogen-bond donors (Lipinski definition) is 2. The van der Waals surface area contributed by atoms with E-state index in [4.69, 9.17) is 4.74 Å². The minimum Gasteiger partial charge on any atom is -0.494 e. The average molecular weight is 378 g/mol. The van der Waals surface area contributed by atoms with Gasteiger partial charge in [-0.3, -0.25) is 14.6 Å². The first kappa shape index (κ1) is 19.4. The molecule has 0 bridgehead atoms. The van der Waals surface area contributed by atoms with Gasteiger partial charge in [0.05, 0.1) is 24.4 Å². The molecule has 0 atom stereocenters. The zero-order valence-electron chi connectivity index (χ0n) is 15.7. The third-order valence-electron chi connectivity index (χ3n) is 4.99. The fourth-order valence-electron chi connectivity index (χ4n) is 3.36. The van der Waals surface area contributed by atoms with Crippen LogP contribution in [0.5, 0.6) is 5.75 Å². The molecule has 3 rings (SSSR count). The Morgan fingerprint density at radius 2 is 1.96 bits per heavy atom. The van der Waals surface area contributed by atoms with Crippen molar-refractivity contribution in [1.82, 2.24) is 4.98 Å². The predicted molar refractivity (Wildman–Crippen MR) is 105 cm³/mol. The van der Waals surface area contributed by atoms with E-state index in [0.29, 0.717) is 35.5 Å². The quantitative estimate of drug-likeness (QED) is 0.824. The lowest BCUT2D eigenvalue weighted by Crippen LogP contribution is -2.36. The second kappa shape index (κ2) is 8.53. The van der Waals surface area contributed by atoms with Gasteiger partial charge in [0, 0.05) is 24.1 Å². The molecule has 0 aliphatic heterocycles. The number of methoxy groups -OCH3 is 1. The summed E-state index contributed by atoms with van der Waals surface area (Å²) in [6, 6.07) is 10.5. The highest BCUT2D eigenvalue weighted by atomic mass is 16.5. The number of carbonyl (C=O) groups is 2. The molecular weight excluding hydrogens is 356 g/mol. The van der Waals surface area contributed by atoms with Gasteiger partial charge in [-0.1, -0.05) is 19.3 Å². The topological polar surface area (TPSA) is 104 Å². The highest BCUT2D eigenvalue weighted by molar-refractivity contribution is 6.05. The molecule has 2 amide bonds. The van der Waals surface area contributed by atoms with Gasteiger partial charge in [0.2, 0.25) is 5.91 Å². The van der Waals surface area contributed by atoms with Gasteiger partial charge in [0.25, 0.3) is 5.91 Å². The van der Waals surface area contributed by atoms with Crippen molar-refractivity contribution in [2.24, 2.45) is 5.41 Å². The van der Waals surface area contributed by atoms with E-state index in [1.165, 1.54) is 13.3 Å². The van der Waals surface area contributed by atoms with Crippen molar-refractivity contribution in [1.29, 1.82) is 5.26 Å². The number of nitrogens with zero attached hydrogens (tertiary/aromatic N) is 2. The zero-order valence-corrected chi connectivity index (χ0v) is 15.7. The number of amides is 2. The summed E-state index contributed by atoms with van der Waals surface area (Å²) in [4.78, 5) is 29.0. The molecule has 1 aromatic carbocycles. The minimum atomic E-state index is -0.974. The first-order chi connectivity index (χ1) is 13.6. The highest BCUT2D eigenvalue weighted by Gasteiger charge is 2.39. The van der Waals surface area contributed by atoms with E-state index in [1.54, 1.807) is 36.5 Å². The lowest BCUT2D eigenvalue weighted by molar-refractivity contribution is -0.124. The number of ether oxygens (including phenoxy) is 1. The minimum absolute atomic E-state index is 0.288. The van der Waals surface area contributed by atoms with Crippen molar-refractivity contribution in [3.8, 4) is 11.8 Å². The fraction of sp³-hybridized carbons (Fsp3) is 0.333. The molecule has 1 aliphatic carbocycles. The molecule has 0 radical (unpaired) electrons. The summed E-state index contributed by atoms with van der Waals surface area (Å²) >= 11 is 0. The van der Waals surface area contributed by atoms with Gasteiger partial charge in [0.1, 0.15) is 11.2 Å². The lowest BCUT2D eigenvalue weighted by atomic mass is 9.74. The smallest absolute Gasteiger partial charge is 0.257 e. The van der Waals surface area contributed by atoms with Gasteiger partial charge in [-0.15, -0.1) is 0 Å². The number of carbonyl (C=O) groups excluding carboxylic acids is 2. The van der Waals surface area contributed by atoms with E-state index >= 15 is 0 Å². The van der Waals surface area contributed by atoms with Crippen molar-refractivity contribution in [2.75, 3.05) is 17.7 Å². The van der Waals surface area contributed by atoms with E-state index in [9.17, 15) is 14.9 Å². The summed E-state index contributed by atoms with van der Waals surface area (Å²) in [6.07, 6.45) is 7.03. The van der Waals surface area contributed by atoms with Crippen LogP contribution >= 0.6 is 0 Å². The molecule has 2 aromatic rings. The highest BCUT2D eigenvalue weighted by Crippen LogP contribution is 2.37. The molecule has 0 spiro atoms. The molecule has 7 nitrogen and oxygen atoms in total. The molecule has 1 fully saturated rings. The van der Waals surface area contributed by atoms with Gasteiger partial charge >= 0.3 is 0 Å². The Morgan fingerprint density at radius 3 is 2.61 bits per heavy atom. The van der Waals surface area contributed by atoms with E-state index in [2.05, 4.69) is 21.7 Å². The molecule has 7 heteroatoms. The maximum Gasteiger partial charge on any atom is 0.257 e. The van der Waals surface area contributed by atoms with Crippen molar-refractivity contribution in [3.63, 3.8) is 0 Å². The second-order valence-corrected chi connectivity index (χ2v) is 6.82. The molecule has 2 N–H and O–H groups in total. The molecule has 0 unspecified atom stereocenters. The lowest BCUT2D eigenvalue weighted by Gasteiger charge is -2.29. The van der Waals surface area contributed by atoms with Crippen LogP contribution in [-0.2, 0) is 4.79 Å². The second-order valence-electron chi connectivity index (χ2n) is 6.82. The average Bonchev–Trinajstić information content (AvgIpc) is 2.75. The number of aromatic nitrogens is 1. The van der Waals surface area contributed by atoms with Gasteiger partial charge in [0.15, 0.2) is 0 Å². The first-order valence-corrected chi connectivity index (χ1v) is 9.20. The molecular formula is C21H22N4O3. The number of nitriles is 1. The van der Waals surface area contributed by atoms with Gasteiger partial charge < -0.3 is 15.4 Å². The van der Waals surface area contributed by atoms with Crippen LogP contribution in [0.4, 0.5) is 11.4 Å². The van der Waals surface area contributed by atoms with Crippen LogP contribution in [0.2, 0.25) is 0 Å². The monoisotopic (exact) mass is 378 g/mol. The van der Waals surface area contributed by atoms with Gasteiger partial charge in [-0.2, -0.15) is 5.26 Å². The Balaban J connectivity index is 1.75. The Hall–Kier alpha value is -3.40. The Kier molecular flexibility index (Phi) is 5.90. The Labute approximate surface area is 163 Å². The van der Waals surface area contributed by atoms with Crippen molar-refractivity contribution in [2.45, 2.75) is 32.1 Å². The third kappa shape index (κ3) is 4.12. The van der Waals surface area contributed by atoms with Crippen LogP contribution in [0.3, 0.4) is 0 Å². The van der Waals surface area contributed by atoms with Crippen LogP contribution in [0, 0.1) is 16.7 Å². The number of rotatable bonds is 5. The van der Waals surface area contributed by atoms with Crippen LogP contribution in [0.1, 0.15) is 42.5 Å². The van der Waals surface area contributed by atoms with Crippen molar-refractivity contribution < 1.29 is 14.3 Å². The molecule has 1 saturated carbocycles. The van der Waals surface area contributed by atoms with E-state index in [1.807, 2.05) is 0 Å². The molecule has 1 aliphatic rings. The largest absolute Gasteiger partial charge is 0.494 e. The van der Waals surface area contributed by atoms with E-state index in [-0.39, 0.29) is 11.8 Å². The summed E-state index contributed by atoms with van der Waals surface area (Å²) in [7, 11) is 1.48. The standard InChI is InChI=1S/C21H22N4O3/c1-28-18-12-16(24-20(27)21(14-22)9-3-2-4-10-21)7-8-17(18)25-19(26)15-6-5-11-23-13-15/h5-8,11-13H,2-4,9-10H2,1H3,(H,24,27)(H,25,26). The molecule has 1 heterocycles. The zero-order chi connectivity index (χ0) is 20.0. The molecule has 1 aromatic heterocycles. The van der Waals surface area contributed by atoms with Crippen LogP contribution in [-0.4, -0.2) is 23.9 Å². The maximum atomic E-state index is 12.7. The van der Waals surface area contributed by atoms with Crippen molar-refractivity contribution in [3.05, 3.63) is 48.3 Å². The normalized spacial score (nSPS) is 15.1. The van der Waals surface area contributed by atoms with Crippen molar-refractivity contribution >= 4 is 23.2 Å². The molecule has 144 valence electrons. The Bertz CT molecular complexity index is 900. The van der Waals surface area contributed by atoms with Crippen LogP contribution in [0.25, 0.3) is 0 Å². The third-order valence-corrected chi connectivity index (χ3v) is 4.99. The summed E-state index contributed by atoms with van der Waals surface area (Å²) in [6.45, 7) is 0. The maximum absolute atomic E-state index is 12.7. The molecule has 0 saturated heterocycles. The summed E-state index contributed by atoms with van der Waals surface area (Å²) < 4.78 is 5.35. The summed E-state index contributed by atoms with van der Waals surface area (Å²) in [5.74, 6) is -0.192. The van der Waals surface area contributed by atoms with Crippen LogP contribution < -0.4 is 15.4 Å². The van der Waals surface area contributed by atoms with Crippen LogP contribution in [0.15, 0.2) is 42.7 Å². The van der Waals surface area contributed by atoms with Gasteiger partial charge in [-0.05, 0) is 37.1 Å². The summed E-state index contributed by atoms with van der Waals surface area (Å²) in [5, 5.41) is 15.2. The number of nitrogens with one attached hydrogen (secondary N) is 2. The number of anilines is 2. The molecule has 28 heavy (non-hydrogen) atoms. The summed E-state index contributed by atoms with van der Waals surface area (Å²) in [5.41, 5.74) is 0.442. The number of benzene rings is 1. The number of pyridine rings is 1. The van der Waals surface area contributed by atoms with E-state index in [0.717, 1.165) is 19.3 Å². The first-order valence-electron chi connectivity index (χ1n) is 9.20. The van der Waals surface area contributed by atoms with Gasteiger partial charge in [-0.25, -0.2) is 0 Å². The number of hydrogen-bond acceptors (Lipinski definition) is 5. The SMILES string of the molecule is COc1cc(NC(=O)C2(C#N)CCCCC2)ccc1NC(=O)c1cccnc1. The fourth-order valence-corrected chi connectivity index (χ4v) is 3.36. The predicted octanol–water partition coefficient (Wildman–Crippen LogP) is 3.76.